The third-order valence-corrected chi connectivity index (χ3v) is 3.84. The van der Waals surface area contributed by atoms with Gasteiger partial charge in [0, 0.05) is 18.1 Å². The van der Waals surface area contributed by atoms with Crippen molar-refractivity contribution in [1.29, 1.82) is 0 Å². The lowest BCUT2D eigenvalue weighted by Gasteiger charge is -2.15. The van der Waals surface area contributed by atoms with E-state index in [4.69, 9.17) is 0 Å². The first-order chi connectivity index (χ1) is 9.66. The summed E-state index contributed by atoms with van der Waals surface area (Å²) in [5.41, 5.74) is 0.234. The maximum absolute atomic E-state index is 12.2. The van der Waals surface area contributed by atoms with E-state index < -0.39 is 11.4 Å². The summed E-state index contributed by atoms with van der Waals surface area (Å²) in [5, 5.41) is 13.0. The molecule has 0 saturated carbocycles. The Bertz CT molecular complexity index is 715. The van der Waals surface area contributed by atoms with Crippen LogP contribution in [0.15, 0.2) is 35.3 Å². The molecule has 1 fully saturated rings. The van der Waals surface area contributed by atoms with E-state index >= 15 is 0 Å². The summed E-state index contributed by atoms with van der Waals surface area (Å²) in [7, 11) is 0. The first-order valence-corrected chi connectivity index (χ1v) is 6.73. The molecule has 20 heavy (non-hydrogen) atoms. The van der Waals surface area contributed by atoms with E-state index in [0.29, 0.717) is 11.3 Å². The predicted molar refractivity (Wildman–Crippen MR) is 76.1 cm³/mol. The molecule has 104 valence electrons. The predicted octanol–water partition coefficient (Wildman–Crippen LogP) is 1.31. The quantitative estimate of drug-likeness (QED) is 0.883. The Morgan fingerprint density at radius 2 is 2.20 bits per heavy atom. The molecular weight excluding hydrogens is 256 g/mol. The van der Waals surface area contributed by atoms with Gasteiger partial charge in [0.15, 0.2) is 0 Å². The third kappa shape index (κ3) is 2.20. The van der Waals surface area contributed by atoms with E-state index in [1.165, 1.54) is 6.20 Å². The van der Waals surface area contributed by atoms with Gasteiger partial charge >= 0.3 is 5.97 Å². The molecule has 0 amide bonds. The van der Waals surface area contributed by atoms with E-state index in [2.05, 4.69) is 5.32 Å². The number of carboxylic acid groups (broad SMARTS) is 1. The molecule has 1 aromatic heterocycles. The second kappa shape index (κ2) is 5.09. The van der Waals surface area contributed by atoms with Crippen molar-refractivity contribution < 1.29 is 9.90 Å². The van der Waals surface area contributed by atoms with E-state index in [9.17, 15) is 14.7 Å². The molecule has 3 rings (SSSR count). The van der Waals surface area contributed by atoms with Crippen LogP contribution in [0.2, 0.25) is 0 Å². The zero-order chi connectivity index (χ0) is 14.1. The third-order valence-electron chi connectivity index (χ3n) is 3.84. The number of hydrogen-bond donors (Lipinski definition) is 2. The molecule has 2 aromatic rings. The van der Waals surface area contributed by atoms with Crippen molar-refractivity contribution in [1.82, 2.24) is 9.88 Å². The molecular formula is C15H16N2O3. The van der Waals surface area contributed by atoms with Crippen LogP contribution in [0, 0.1) is 5.92 Å². The SMILES string of the molecule is O=C(O)c1cn(CC2CCNC2)c2ccccc2c1=O. The smallest absolute Gasteiger partial charge is 0.341 e. The Hall–Kier alpha value is -2.14. The number of benzene rings is 1. The minimum absolute atomic E-state index is 0.158. The highest BCUT2D eigenvalue weighted by Gasteiger charge is 2.18. The molecule has 1 saturated heterocycles. The number of nitrogens with zero attached hydrogens (tertiary/aromatic N) is 1. The Balaban J connectivity index is 2.16. The number of rotatable bonds is 3. The van der Waals surface area contributed by atoms with Crippen LogP contribution in [0.5, 0.6) is 0 Å². The molecule has 2 N–H and O–H groups in total. The van der Waals surface area contributed by atoms with Gasteiger partial charge in [-0.05, 0) is 37.6 Å². The van der Waals surface area contributed by atoms with Crippen molar-refractivity contribution in [2.45, 2.75) is 13.0 Å². The zero-order valence-electron chi connectivity index (χ0n) is 11.0. The number of fused-ring (bicyclic) bond motifs is 1. The van der Waals surface area contributed by atoms with Crippen LogP contribution < -0.4 is 10.7 Å². The van der Waals surface area contributed by atoms with Crippen LogP contribution in [0.3, 0.4) is 0 Å². The van der Waals surface area contributed by atoms with Crippen LogP contribution >= 0.6 is 0 Å². The topological polar surface area (TPSA) is 71.3 Å². The van der Waals surface area contributed by atoms with Gasteiger partial charge in [-0.1, -0.05) is 12.1 Å². The molecule has 1 aromatic carbocycles. The number of nitrogens with one attached hydrogen (secondary N) is 1. The summed E-state index contributed by atoms with van der Waals surface area (Å²) in [6.07, 6.45) is 2.55. The number of hydrogen-bond acceptors (Lipinski definition) is 3. The summed E-state index contributed by atoms with van der Waals surface area (Å²) >= 11 is 0. The molecule has 1 aliphatic heterocycles. The number of carboxylic acids is 1. The molecule has 5 heteroatoms. The fourth-order valence-corrected chi connectivity index (χ4v) is 2.80. The van der Waals surface area contributed by atoms with E-state index in [0.717, 1.165) is 31.6 Å². The molecule has 5 nitrogen and oxygen atoms in total. The van der Waals surface area contributed by atoms with Gasteiger partial charge in [0.25, 0.3) is 0 Å². The van der Waals surface area contributed by atoms with Crippen LogP contribution in [0.4, 0.5) is 0 Å². The fourth-order valence-electron chi connectivity index (χ4n) is 2.80. The first-order valence-electron chi connectivity index (χ1n) is 6.73. The summed E-state index contributed by atoms with van der Waals surface area (Å²) in [5.74, 6) is -0.693. The summed E-state index contributed by atoms with van der Waals surface area (Å²) < 4.78 is 1.90. The van der Waals surface area contributed by atoms with Gasteiger partial charge in [0.1, 0.15) is 5.56 Å². The van der Waals surface area contributed by atoms with Gasteiger partial charge in [0.2, 0.25) is 5.43 Å². The Morgan fingerprint density at radius 3 is 2.90 bits per heavy atom. The Morgan fingerprint density at radius 1 is 1.40 bits per heavy atom. The minimum atomic E-state index is -1.17. The maximum atomic E-state index is 12.2. The highest BCUT2D eigenvalue weighted by molar-refractivity contribution is 5.92. The van der Waals surface area contributed by atoms with Crippen molar-refractivity contribution in [3.8, 4) is 0 Å². The van der Waals surface area contributed by atoms with E-state index in [-0.39, 0.29) is 5.56 Å². The van der Waals surface area contributed by atoms with Gasteiger partial charge in [-0.25, -0.2) is 4.79 Å². The van der Waals surface area contributed by atoms with E-state index in [1.54, 1.807) is 12.1 Å². The van der Waals surface area contributed by atoms with Gasteiger partial charge in [-0.2, -0.15) is 0 Å². The second-order valence-electron chi connectivity index (χ2n) is 5.21. The summed E-state index contributed by atoms with van der Waals surface area (Å²) in [6, 6.07) is 7.18. The van der Waals surface area contributed by atoms with Crippen LogP contribution in [-0.4, -0.2) is 28.7 Å². The Kier molecular flexibility index (Phi) is 3.28. The van der Waals surface area contributed by atoms with Crippen molar-refractivity contribution in [2.24, 2.45) is 5.92 Å². The molecule has 0 spiro atoms. The van der Waals surface area contributed by atoms with Crippen molar-refractivity contribution in [2.75, 3.05) is 13.1 Å². The molecule has 0 aliphatic carbocycles. The monoisotopic (exact) mass is 272 g/mol. The minimum Gasteiger partial charge on any atom is -0.477 e. The highest BCUT2D eigenvalue weighted by Crippen LogP contribution is 2.16. The molecule has 1 aliphatic rings. The number of pyridine rings is 1. The average Bonchev–Trinajstić information content (AvgIpc) is 2.94. The summed E-state index contributed by atoms with van der Waals surface area (Å²) in [6.45, 7) is 2.66. The average molecular weight is 272 g/mol. The van der Waals surface area contributed by atoms with Gasteiger partial charge in [-0.3, -0.25) is 4.79 Å². The fraction of sp³-hybridized carbons (Fsp3) is 0.333. The lowest BCUT2D eigenvalue weighted by molar-refractivity contribution is 0.0694. The second-order valence-corrected chi connectivity index (χ2v) is 5.21. The molecule has 1 atom stereocenters. The normalized spacial score (nSPS) is 18.5. The molecule has 0 bridgehead atoms. The van der Waals surface area contributed by atoms with Gasteiger partial charge in [-0.15, -0.1) is 0 Å². The largest absolute Gasteiger partial charge is 0.477 e. The maximum Gasteiger partial charge on any atom is 0.341 e. The van der Waals surface area contributed by atoms with Gasteiger partial charge in [0.05, 0.1) is 5.52 Å². The highest BCUT2D eigenvalue weighted by atomic mass is 16.4. The first kappa shape index (κ1) is 12.9. The summed E-state index contributed by atoms with van der Waals surface area (Å²) in [4.78, 5) is 23.4. The number of para-hydroxylation sites is 1. The standard InChI is InChI=1S/C15H16N2O3/c18-14-11-3-1-2-4-13(11)17(9-12(14)15(19)20)8-10-5-6-16-7-10/h1-4,9-10,16H,5-8H2,(H,19,20). The van der Waals surface area contributed by atoms with E-state index in [1.807, 2.05) is 16.7 Å². The lowest BCUT2D eigenvalue weighted by atomic mass is 10.1. The number of aromatic carboxylic acids is 1. The van der Waals surface area contributed by atoms with Crippen LogP contribution in [0.25, 0.3) is 10.9 Å². The van der Waals surface area contributed by atoms with Crippen molar-refractivity contribution in [3.05, 3.63) is 46.2 Å². The van der Waals surface area contributed by atoms with Crippen molar-refractivity contribution in [3.63, 3.8) is 0 Å². The molecule has 0 radical (unpaired) electrons. The molecule has 1 unspecified atom stereocenters. The van der Waals surface area contributed by atoms with Crippen molar-refractivity contribution >= 4 is 16.9 Å². The van der Waals surface area contributed by atoms with Gasteiger partial charge < -0.3 is 15.0 Å². The van der Waals surface area contributed by atoms with Crippen LogP contribution in [-0.2, 0) is 6.54 Å². The zero-order valence-corrected chi connectivity index (χ0v) is 11.0. The van der Waals surface area contributed by atoms with Crippen LogP contribution in [0.1, 0.15) is 16.8 Å². The Labute approximate surface area is 115 Å². The number of carbonyl (C=O) groups is 1. The molecule has 2 heterocycles. The lowest BCUT2D eigenvalue weighted by Crippen LogP contribution is -2.21. The number of aromatic nitrogens is 1.